The van der Waals surface area contributed by atoms with Crippen molar-refractivity contribution in [1.82, 2.24) is 9.97 Å². The summed E-state index contributed by atoms with van der Waals surface area (Å²) in [5.74, 6) is -0.676. The molecular weight excluding hydrogens is 378 g/mol. The average molecular weight is 394 g/mol. The van der Waals surface area contributed by atoms with Gasteiger partial charge in [0.05, 0.1) is 5.56 Å². The van der Waals surface area contributed by atoms with E-state index in [2.05, 4.69) is 20.6 Å². The van der Waals surface area contributed by atoms with Crippen LogP contribution < -0.4 is 10.6 Å². The standard InChI is InChI=1S/C16H16F6N4O/c1-9-3-4-10(7-11(9)15(17,18)19)24-13-8-12(16(20,21)22)25-14(26-13)23-5-2-6-27/h3-4,7-8,27H,2,5-6H2,1H3,(H2,23,24,25,26). The van der Waals surface area contributed by atoms with Gasteiger partial charge in [0.2, 0.25) is 5.95 Å². The van der Waals surface area contributed by atoms with E-state index in [-0.39, 0.29) is 42.6 Å². The molecule has 0 bridgehead atoms. The zero-order valence-corrected chi connectivity index (χ0v) is 14.0. The molecule has 0 fully saturated rings. The van der Waals surface area contributed by atoms with E-state index in [1.54, 1.807) is 0 Å². The Hall–Kier alpha value is -2.56. The number of hydrogen-bond acceptors (Lipinski definition) is 5. The molecular formula is C16H16F6N4O. The fourth-order valence-electron chi connectivity index (χ4n) is 2.17. The SMILES string of the molecule is Cc1ccc(Nc2cc(C(F)(F)F)nc(NCCCO)n2)cc1C(F)(F)F. The molecule has 0 saturated heterocycles. The topological polar surface area (TPSA) is 70.1 Å². The molecule has 148 valence electrons. The summed E-state index contributed by atoms with van der Waals surface area (Å²) in [5.41, 5.74) is -2.24. The Labute approximate surface area is 150 Å². The number of halogens is 6. The zero-order valence-electron chi connectivity index (χ0n) is 14.0. The predicted octanol–water partition coefficient (Wildman–Crippen LogP) is 4.36. The molecule has 1 heterocycles. The van der Waals surface area contributed by atoms with Crippen LogP contribution in [0.25, 0.3) is 0 Å². The molecule has 0 radical (unpaired) electrons. The molecule has 0 spiro atoms. The lowest BCUT2D eigenvalue weighted by Gasteiger charge is -2.15. The number of aryl methyl sites for hydroxylation is 1. The number of hydrogen-bond donors (Lipinski definition) is 3. The molecule has 0 aliphatic heterocycles. The van der Waals surface area contributed by atoms with Gasteiger partial charge in [-0.1, -0.05) is 6.07 Å². The Morgan fingerprint density at radius 2 is 1.70 bits per heavy atom. The average Bonchev–Trinajstić information content (AvgIpc) is 2.55. The fourth-order valence-corrected chi connectivity index (χ4v) is 2.17. The van der Waals surface area contributed by atoms with Gasteiger partial charge in [-0.15, -0.1) is 0 Å². The minimum absolute atomic E-state index is 0.0157. The van der Waals surface area contributed by atoms with Crippen molar-refractivity contribution in [3.8, 4) is 0 Å². The Morgan fingerprint density at radius 3 is 2.30 bits per heavy atom. The van der Waals surface area contributed by atoms with E-state index in [0.29, 0.717) is 6.07 Å². The van der Waals surface area contributed by atoms with Gasteiger partial charge in [0, 0.05) is 24.9 Å². The summed E-state index contributed by atoms with van der Waals surface area (Å²) in [6.07, 6.45) is -9.10. The Morgan fingerprint density at radius 1 is 1.00 bits per heavy atom. The minimum atomic E-state index is -4.77. The normalized spacial score (nSPS) is 12.1. The second-order valence-electron chi connectivity index (χ2n) is 5.62. The van der Waals surface area contributed by atoms with E-state index in [1.807, 2.05) is 0 Å². The van der Waals surface area contributed by atoms with E-state index in [1.165, 1.54) is 19.1 Å². The quantitative estimate of drug-likeness (QED) is 0.502. The first-order valence-corrected chi connectivity index (χ1v) is 7.76. The third kappa shape index (κ3) is 5.71. The second kappa shape index (κ2) is 7.99. The van der Waals surface area contributed by atoms with Crippen molar-refractivity contribution in [2.24, 2.45) is 0 Å². The number of nitrogens with zero attached hydrogens (tertiary/aromatic N) is 2. The lowest BCUT2D eigenvalue weighted by molar-refractivity contribution is -0.141. The number of aromatic nitrogens is 2. The molecule has 2 aromatic rings. The maximum Gasteiger partial charge on any atom is 0.433 e. The summed E-state index contributed by atoms with van der Waals surface area (Å²) in [7, 11) is 0. The molecule has 1 aromatic carbocycles. The van der Waals surface area contributed by atoms with E-state index in [4.69, 9.17) is 5.11 Å². The van der Waals surface area contributed by atoms with Crippen LogP contribution >= 0.6 is 0 Å². The third-order valence-electron chi connectivity index (χ3n) is 3.45. The van der Waals surface area contributed by atoms with Gasteiger partial charge in [0.1, 0.15) is 5.82 Å². The first-order valence-electron chi connectivity index (χ1n) is 7.76. The lowest BCUT2D eigenvalue weighted by atomic mass is 10.1. The first-order chi connectivity index (χ1) is 12.5. The van der Waals surface area contributed by atoms with Gasteiger partial charge < -0.3 is 15.7 Å². The van der Waals surface area contributed by atoms with Crippen LogP contribution in [0.3, 0.4) is 0 Å². The van der Waals surface area contributed by atoms with Gasteiger partial charge in [-0.05, 0) is 31.0 Å². The van der Waals surface area contributed by atoms with Gasteiger partial charge in [-0.2, -0.15) is 31.3 Å². The van der Waals surface area contributed by atoms with Crippen molar-refractivity contribution in [2.75, 3.05) is 23.8 Å². The number of anilines is 3. The molecule has 0 aliphatic rings. The van der Waals surface area contributed by atoms with Crippen molar-refractivity contribution in [2.45, 2.75) is 25.7 Å². The van der Waals surface area contributed by atoms with Crippen molar-refractivity contribution in [3.63, 3.8) is 0 Å². The highest BCUT2D eigenvalue weighted by atomic mass is 19.4. The molecule has 0 saturated carbocycles. The molecule has 1 aromatic heterocycles. The van der Waals surface area contributed by atoms with Gasteiger partial charge in [-0.25, -0.2) is 4.98 Å². The van der Waals surface area contributed by atoms with E-state index >= 15 is 0 Å². The van der Waals surface area contributed by atoms with Gasteiger partial charge >= 0.3 is 12.4 Å². The van der Waals surface area contributed by atoms with E-state index in [0.717, 1.165) is 6.07 Å². The molecule has 0 amide bonds. The second-order valence-corrected chi connectivity index (χ2v) is 5.62. The molecule has 2 rings (SSSR count). The molecule has 0 aliphatic carbocycles. The molecule has 27 heavy (non-hydrogen) atoms. The lowest BCUT2D eigenvalue weighted by Crippen LogP contribution is -2.14. The zero-order chi connectivity index (χ0) is 20.2. The molecule has 5 nitrogen and oxygen atoms in total. The van der Waals surface area contributed by atoms with Crippen molar-refractivity contribution in [3.05, 3.63) is 41.1 Å². The Bertz CT molecular complexity index is 791. The van der Waals surface area contributed by atoms with E-state index < -0.39 is 23.6 Å². The molecule has 3 N–H and O–H groups in total. The predicted molar refractivity (Wildman–Crippen MR) is 86.7 cm³/mol. The smallest absolute Gasteiger partial charge is 0.396 e. The van der Waals surface area contributed by atoms with Crippen LogP contribution in [0, 0.1) is 6.92 Å². The third-order valence-corrected chi connectivity index (χ3v) is 3.45. The summed E-state index contributed by atoms with van der Waals surface area (Å²) < 4.78 is 78.0. The van der Waals surface area contributed by atoms with Crippen LogP contribution in [0.2, 0.25) is 0 Å². The van der Waals surface area contributed by atoms with Gasteiger partial charge in [0.25, 0.3) is 0 Å². The van der Waals surface area contributed by atoms with Crippen LogP contribution in [0.4, 0.5) is 43.8 Å². The molecule has 11 heteroatoms. The van der Waals surface area contributed by atoms with Gasteiger partial charge in [-0.3, -0.25) is 0 Å². The maximum absolute atomic E-state index is 13.0. The van der Waals surface area contributed by atoms with Crippen LogP contribution in [0.1, 0.15) is 23.2 Å². The summed E-state index contributed by atoms with van der Waals surface area (Å²) in [6.45, 7) is 1.23. The number of aliphatic hydroxyl groups is 1. The van der Waals surface area contributed by atoms with Crippen LogP contribution in [-0.4, -0.2) is 28.2 Å². The maximum atomic E-state index is 13.0. The summed E-state index contributed by atoms with van der Waals surface area (Å²) >= 11 is 0. The first kappa shape index (κ1) is 20.7. The van der Waals surface area contributed by atoms with E-state index in [9.17, 15) is 26.3 Å². The van der Waals surface area contributed by atoms with Crippen LogP contribution in [-0.2, 0) is 12.4 Å². The highest BCUT2D eigenvalue weighted by Crippen LogP contribution is 2.35. The van der Waals surface area contributed by atoms with Crippen LogP contribution in [0.5, 0.6) is 0 Å². The Balaban J connectivity index is 2.36. The number of nitrogens with one attached hydrogen (secondary N) is 2. The van der Waals surface area contributed by atoms with Crippen molar-refractivity contribution < 1.29 is 31.4 Å². The van der Waals surface area contributed by atoms with Crippen LogP contribution in [0.15, 0.2) is 24.3 Å². The summed E-state index contributed by atoms with van der Waals surface area (Å²) in [6, 6.07) is 3.91. The fraction of sp³-hybridized carbons (Fsp3) is 0.375. The highest BCUT2D eigenvalue weighted by molar-refractivity contribution is 5.60. The molecule has 0 unspecified atom stereocenters. The number of benzene rings is 1. The number of alkyl halides is 6. The number of aliphatic hydroxyl groups excluding tert-OH is 1. The minimum Gasteiger partial charge on any atom is -0.396 e. The Kier molecular flexibility index (Phi) is 6.14. The summed E-state index contributed by atoms with van der Waals surface area (Å²) in [4.78, 5) is 7.17. The number of rotatable bonds is 6. The highest BCUT2D eigenvalue weighted by Gasteiger charge is 2.34. The van der Waals surface area contributed by atoms with Crippen molar-refractivity contribution in [1.29, 1.82) is 0 Å². The largest absolute Gasteiger partial charge is 0.433 e. The van der Waals surface area contributed by atoms with Crippen molar-refractivity contribution >= 4 is 17.5 Å². The monoisotopic (exact) mass is 394 g/mol. The summed E-state index contributed by atoms with van der Waals surface area (Å²) in [5, 5.41) is 13.7. The molecule has 0 atom stereocenters. The van der Waals surface area contributed by atoms with Gasteiger partial charge in [0.15, 0.2) is 5.69 Å².